The zero-order valence-corrected chi connectivity index (χ0v) is 15.9. The average molecular weight is 386 g/mol. The fourth-order valence-electron chi connectivity index (χ4n) is 3.55. The van der Waals surface area contributed by atoms with E-state index in [1.165, 1.54) is 26.2 Å². The molecule has 8 heteroatoms. The summed E-state index contributed by atoms with van der Waals surface area (Å²) in [5.74, 6) is -0.155. The van der Waals surface area contributed by atoms with E-state index in [1.807, 2.05) is 18.2 Å². The van der Waals surface area contributed by atoms with Gasteiger partial charge in [-0.05, 0) is 24.1 Å². The van der Waals surface area contributed by atoms with E-state index in [-0.39, 0.29) is 5.88 Å². The first-order valence-corrected chi connectivity index (χ1v) is 10.3. The van der Waals surface area contributed by atoms with E-state index in [0.717, 1.165) is 6.54 Å². The molecule has 4 rings (SSSR count). The minimum Gasteiger partial charge on any atom is -0.493 e. The highest BCUT2D eigenvalue weighted by molar-refractivity contribution is 7.87. The average Bonchev–Trinajstić information content (AvgIpc) is 3.13. The van der Waals surface area contributed by atoms with Crippen molar-refractivity contribution in [3.05, 3.63) is 59.9 Å². The monoisotopic (exact) mass is 386 g/mol. The molecule has 0 bridgehead atoms. The Hall–Kier alpha value is -2.42. The van der Waals surface area contributed by atoms with Crippen molar-refractivity contribution in [2.45, 2.75) is 13.5 Å². The fraction of sp³-hybridized carbons (Fsp3) is 0.316. The van der Waals surface area contributed by atoms with Crippen LogP contribution in [0.1, 0.15) is 11.1 Å². The van der Waals surface area contributed by atoms with E-state index in [0.29, 0.717) is 42.6 Å². The fourth-order valence-corrected chi connectivity index (χ4v) is 5.11. The molecule has 1 N–H and O–H groups in total. The molecule has 0 amide bonds. The highest BCUT2D eigenvalue weighted by atomic mass is 32.2. The highest BCUT2D eigenvalue weighted by Gasteiger charge is 2.30. The lowest BCUT2D eigenvalue weighted by molar-refractivity contribution is 0.181. The number of aromatic nitrogens is 2. The number of piperazine rings is 1. The van der Waals surface area contributed by atoms with Crippen molar-refractivity contribution in [3.8, 4) is 5.88 Å². The molecule has 1 saturated heterocycles. The summed E-state index contributed by atoms with van der Waals surface area (Å²) in [7, 11) is -3.70. The lowest BCUT2D eigenvalue weighted by Crippen LogP contribution is -2.49. The molecule has 1 aliphatic rings. The van der Waals surface area contributed by atoms with Crippen LogP contribution in [0, 0.1) is 6.92 Å². The van der Waals surface area contributed by atoms with Crippen molar-refractivity contribution in [2.75, 3.05) is 26.2 Å². The van der Waals surface area contributed by atoms with Gasteiger partial charge in [-0.3, -0.25) is 4.90 Å². The van der Waals surface area contributed by atoms with Crippen LogP contribution < -0.4 is 0 Å². The van der Waals surface area contributed by atoms with E-state index in [4.69, 9.17) is 0 Å². The largest absolute Gasteiger partial charge is 0.493 e. The maximum Gasteiger partial charge on any atom is 0.308 e. The number of benzene rings is 1. The third-order valence-electron chi connectivity index (χ3n) is 5.00. The summed E-state index contributed by atoms with van der Waals surface area (Å²) in [6, 6.07) is 11.8. The summed E-state index contributed by atoms with van der Waals surface area (Å²) < 4.78 is 29.1. The van der Waals surface area contributed by atoms with Gasteiger partial charge in [0.15, 0.2) is 0 Å². The van der Waals surface area contributed by atoms with Gasteiger partial charge in [-0.1, -0.05) is 30.3 Å². The number of fused-ring (bicyclic) bond motifs is 1. The zero-order chi connectivity index (χ0) is 19.0. The lowest BCUT2D eigenvalue weighted by atomic mass is 10.2. The van der Waals surface area contributed by atoms with Gasteiger partial charge in [0.25, 0.3) is 0 Å². The number of aryl methyl sites for hydroxylation is 1. The predicted molar refractivity (Wildman–Crippen MR) is 104 cm³/mol. The van der Waals surface area contributed by atoms with Gasteiger partial charge >= 0.3 is 10.2 Å². The first-order valence-electron chi connectivity index (χ1n) is 8.89. The SMILES string of the molecule is Cc1cnc(O)c2ccn(S(=O)(=O)N3CCN(Cc4ccccc4)CC3)c12. The quantitative estimate of drug-likeness (QED) is 0.742. The number of nitrogens with zero attached hydrogens (tertiary/aromatic N) is 4. The molecule has 0 spiro atoms. The molecule has 7 nitrogen and oxygen atoms in total. The van der Waals surface area contributed by atoms with Gasteiger partial charge in [0.1, 0.15) is 0 Å². The van der Waals surface area contributed by atoms with Gasteiger partial charge in [0.05, 0.1) is 10.9 Å². The molecule has 0 unspecified atom stereocenters. The first kappa shape index (κ1) is 18.0. The van der Waals surface area contributed by atoms with Gasteiger partial charge in [-0.15, -0.1) is 0 Å². The summed E-state index contributed by atoms with van der Waals surface area (Å²) in [6.45, 7) is 4.84. The third kappa shape index (κ3) is 3.31. The van der Waals surface area contributed by atoms with Crippen LogP contribution in [-0.2, 0) is 16.8 Å². The predicted octanol–water partition coefficient (Wildman–Crippen LogP) is 1.96. The molecule has 0 radical (unpaired) electrons. The molecule has 0 aliphatic carbocycles. The van der Waals surface area contributed by atoms with Crippen molar-refractivity contribution < 1.29 is 13.5 Å². The summed E-state index contributed by atoms with van der Waals surface area (Å²) in [5, 5.41) is 10.4. The van der Waals surface area contributed by atoms with Crippen LogP contribution in [0.2, 0.25) is 0 Å². The van der Waals surface area contributed by atoms with E-state index >= 15 is 0 Å². The van der Waals surface area contributed by atoms with Crippen molar-refractivity contribution in [2.24, 2.45) is 0 Å². The zero-order valence-electron chi connectivity index (χ0n) is 15.1. The second-order valence-corrected chi connectivity index (χ2v) is 8.61. The molecular formula is C19H22N4O3S. The van der Waals surface area contributed by atoms with Gasteiger partial charge < -0.3 is 5.11 Å². The Morgan fingerprint density at radius 3 is 2.48 bits per heavy atom. The Bertz CT molecular complexity index is 1060. The number of pyridine rings is 1. The van der Waals surface area contributed by atoms with Crippen LogP contribution >= 0.6 is 0 Å². The van der Waals surface area contributed by atoms with E-state index in [1.54, 1.807) is 13.0 Å². The Morgan fingerprint density at radius 1 is 1.07 bits per heavy atom. The molecule has 2 aromatic heterocycles. The summed E-state index contributed by atoms with van der Waals surface area (Å²) >= 11 is 0. The van der Waals surface area contributed by atoms with E-state index < -0.39 is 10.2 Å². The smallest absolute Gasteiger partial charge is 0.308 e. The van der Waals surface area contributed by atoms with E-state index in [2.05, 4.69) is 22.0 Å². The number of hydrogen-bond acceptors (Lipinski definition) is 5. The lowest BCUT2D eigenvalue weighted by Gasteiger charge is -2.34. The molecule has 3 heterocycles. The standard InChI is InChI=1S/C19H22N4O3S/c1-15-13-20-19(24)17-7-8-23(18(15)17)27(25,26)22-11-9-21(10-12-22)14-16-5-3-2-4-6-16/h2-8,13H,9-12,14H2,1H3,(H,20,24). The van der Waals surface area contributed by atoms with Crippen molar-refractivity contribution >= 4 is 21.1 Å². The van der Waals surface area contributed by atoms with Gasteiger partial charge in [-0.2, -0.15) is 12.7 Å². The molecule has 1 aromatic carbocycles. The molecule has 1 aliphatic heterocycles. The molecule has 0 atom stereocenters. The van der Waals surface area contributed by atoms with Crippen LogP contribution in [0.15, 0.2) is 48.8 Å². The molecular weight excluding hydrogens is 364 g/mol. The Morgan fingerprint density at radius 2 is 1.78 bits per heavy atom. The van der Waals surface area contributed by atoms with Crippen LogP contribution in [0.3, 0.4) is 0 Å². The second-order valence-electron chi connectivity index (χ2n) is 6.81. The molecule has 0 saturated carbocycles. The normalized spacial score (nSPS) is 16.8. The topological polar surface area (TPSA) is 78.7 Å². The van der Waals surface area contributed by atoms with Crippen molar-refractivity contribution in [1.82, 2.24) is 18.2 Å². The number of aromatic hydroxyl groups is 1. The van der Waals surface area contributed by atoms with E-state index in [9.17, 15) is 13.5 Å². The number of rotatable bonds is 4. The Labute approximate surface area is 158 Å². The van der Waals surface area contributed by atoms with Crippen molar-refractivity contribution in [3.63, 3.8) is 0 Å². The Balaban J connectivity index is 1.54. The van der Waals surface area contributed by atoms with Gasteiger partial charge in [-0.25, -0.2) is 8.96 Å². The van der Waals surface area contributed by atoms with Gasteiger partial charge in [0, 0.05) is 45.1 Å². The second kappa shape index (κ2) is 6.95. The molecule has 27 heavy (non-hydrogen) atoms. The summed E-state index contributed by atoms with van der Waals surface area (Å²) in [5.41, 5.74) is 2.41. The van der Waals surface area contributed by atoms with Crippen LogP contribution in [0.25, 0.3) is 10.9 Å². The van der Waals surface area contributed by atoms with Gasteiger partial charge in [0.2, 0.25) is 5.88 Å². The minimum atomic E-state index is -3.70. The van der Waals surface area contributed by atoms with Crippen LogP contribution in [0.5, 0.6) is 5.88 Å². The summed E-state index contributed by atoms with van der Waals surface area (Å²) in [6.07, 6.45) is 2.98. The maximum absolute atomic E-state index is 13.2. The molecule has 3 aromatic rings. The van der Waals surface area contributed by atoms with Crippen molar-refractivity contribution in [1.29, 1.82) is 0 Å². The summed E-state index contributed by atoms with van der Waals surface area (Å²) in [4.78, 5) is 6.15. The maximum atomic E-state index is 13.2. The molecule has 142 valence electrons. The third-order valence-corrected chi connectivity index (χ3v) is 6.82. The number of hydrogen-bond donors (Lipinski definition) is 1. The Kier molecular flexibility index (Phi) is 4.63. The minimum absolute atomic E-state index is 0.155. The van der Waals surface area contributed by atoms with Crippen LogP contribution in [-0.4, -0.2) is 57.9 Å². The highest BCUT2D eigenvalue weighted by Crippen LogP contribution is 2.28. The first-order chi connectivity index (χ1) is 13.0. The molecule has 1 fully saturated rings. The van der Waals surface area contributed by atoms with Crippen LogP contribution in [0.4, 0.5) is 0 Å².